The minimum Gasteiger partial charge on any atom is -0.354 e. The first-order valence-corrected chi connectivity index (χ1v) is 20.1. The van der Waals surface area contributed by atoms with Crippen LogP contribution in [0.25, 0.3) is 16.7 Å². The molecule has 0 fully saturated rings. The van der Waals surface area contributed by atoms with Gasteiger partial charge >= 0.3 is 0 Å². The Bertz CT molecular complexity index is 3510. The van der Waals surface area contributed by atoms with Crippen LogP contribution in [0.1, 0.15) is 39.2 Å². The molecule has 2 N–H and O–H groups in total. The van der Waals surface area contributed by atoms with Gasteiger partial charge in [0.25, 0.3) is 5.91 Å². The molecule has 5 heterocycles. The van der Waals surface area contributed by atoms with E-state index in [4.69, 9.17) is 0 Å². The Morgan fingerprint density at radius 2 is 0.771 bits per heavy atom. The number of benzene rings is 5. The standard InChI is InChI=1S/C50H19F15N4O/c51-34-31(35(52)41(58)46(63)40(34)57)28-20-17-27(69-49(20)70)50(18-7-3-1-4-8-18,19-9-5-2-6-10-19)26-16-15-25(68-26)30(33-38(55)44(61)48(65)45(62)39(33)56)24-14-13-23(67-24)29(22-12-11-21(28)66-22)32-36(53)42(59)47(64)43(60)37(32)54/h1-17,67H,(H,69,70)/b28-20-,29-22+,30-25+. The molecule has 5 aromatic carbocycles. The Hall–Kier alpha value is -8.42. The number of H-pyrrole nitrogens is 1. The van der Waals surface area contributed by atoms with E-state index in [0.29, 0.717) is 0 Å². The van der Waals surface area contributed by atoms with E-state index in [1.807, 2.05) is 0 Å². The highest BCUT2D eigenvalue weighted by atomic mass is 19.2. The number of nitrogens with zero attached hydrogens (tertiary/aromatic N) is 2. The van der Waals surface area contributed by atoms with Crippen molar-refractivity contribution in [3.8, 4) is 0 Å². The fourth-order valence-corrected chi connectivity index (χ4v) is 8.82. The SMILES string of the molecule is O=C1NC2=C/C1=C(/c1c(F)c(F)c(F)c(F)c1F)C1=N/C(=C(/c3c(F)c(F)c(F)c(F)c3F)c3ccc([nH]3)/C(c3c(F)c(F)c(F)c(F)c3F)=C3/C=CC(=N3)C2(c2ccccc2)c2ccccc2)C=C1. The maximum atomic E-state index is 16.1. The highest BCUT2D eigenvalue weighted by molar-refractivity contribution is 6.36. The second-order valence-corrected chi connectivity index (χ2v) is 15.6. The van der Waals surface area contributed by atoms with Gasteiger partial charge in [-0.1, -0.05) is 60.7 Å². The third-order valence-electron chi connectivity index (χ3n) is 11.9. The van der Waals surface area contributed by atoms with Crippen molar-refractivity contribution in [1.82, 2.24) is 10.3 Å². The third kappa shape index (κ3) is 6.41. The third-order valence-corrected chi connectivity index (χ3v) is 11.9. The molecule has 6 aromatic rings. The van der Waals surface area contributed by atoms with Crippen LogP contribution in [-0.2, 0) is 10.2 Å². The number of hydrogen-bond acceptors (Lipinski definition) is 3. The van der Waals surface area contributed by atoms with Gasteiger partial charge in [0.1, 0.15) is 5.41 Å². The summed E-state index contributed by atoms with van der Waals surface area (Å²) in [7, 11) is 0. The van der Waals surface area contributed by atoms with Crippen LogP contribution in [0.15, 0.2) is 136 Å². The predicted octanol–water partition coefficient (Wildman–Crippen LogP) is 12.1. The minimum absolute atomic E-state index is 0.202. The van der Waals surface area contributed by atoms with Crippen molar-refractivity contribution in [3.05, 3.63) is 252 Å². The Morgan fingerprint density at radius 1 is 0.400 bits per heavy atom. The highest BCUT2D eigenvalue weighted by Gasteiger charge is 2.48. The normalized spacial score (nSPS) is 19.2. The van der Waals surface area contributed by atoms with E-state index in [2.05, 4.69) is 20.3 Å². The van der Waals surface area contributed by atoms with Crippen LogP contribution in [0.5, 0.6) is 0 Å². The summed E-state index contributed by atoms with van der Waals surface area (Å²) in [5, 5.41) is 2.56. The molecule has 0 unspecified atom stereocenters. The van der Waals surface area contributed by atoms with Crippen molar-refractivity contribution < 1.29 is 70.7 Å². The van der Waals surface area contributed by atoms with Crippen molar-refractivity contribution in [3.63, 3.8) is 0 Å². The molecule has 8 bridgehead atoms. The van der Waals surface area contributed by atoms with Crippen molar-refractivity contribution >= 4 is 34.0 Å². The molecule has 0 spiro atoms. The second-order valence-electron chi connectivity index (χ2n) is 15.6. The van der Waals surface area contributed by atoms with Crippen molar-refractivity contribution in [2.45, 2.75) is 5.41 Å². The van der Waals surface area contributed by atoms with Gasteiger partial charge in [0, 0.05) is 33.8 Å². The number of amides is 1. The van der Waals surface area contributed by atoms with Crippen molar-refractivity contribution in [1.29, 1.82) is 0 Å². The lowest BCUT2D eigenvalue weighted by atomic mass is 9.68. The first-order valence-electron chi connectivity index (χ1n) is 20.1. The molecular weight excluding hydrogens is 958 g/mol. The summed E-state index contributed by atoms with van der Waals surface area (Å²) in [5.74, 6) is -38.9. The van der Waals surface area contributed by atoms with Gasteiger partial charge < -0.3 is 10.3 Å². The predicted molar refractivity (Wildman–Crippen MR) is 221 cm³/mol. The topological polar surface area (TPSA) is 69.6 Å². The van der Waals surface area contributed by atoms with Crippen molar-refractivity contribution in [2.75, 3.05) is 0 Å². The highest BCUT2D eigenvalue weighted by Crippen LogP contribution is 2.48. The summed E-state index contributed by atoms with van der Waals surface area (Å²) >= 11 is 0. The van der Waals surface area contributed by atoms with E-state index in [-0.39, 0.29) is 22.5 Å². The summed E-state index contributed by atoms with van der Waals surface area (Å²) in [6.07, 6.45) is 4.62. The Labute approximate surface area is 382 Å². The Kier molecular flexibility index (Phi) is 10.6. The average molecular weight is 977 g/mol. The number of hydrogen-bond donors (Lipinski definition) is 2. The average Bonchev–Trinajstić information content (AvgIpc) is 4.22. The van der Waals surface area contributed by atoms with Crippen LogP contribution in [0.3, 0.4) is 0 Å². The molecule has 4 aliphatic heterocycles. The summed E-state index contributed by atoms with van der Waals surface area (Å²) in [5.41, 5.74) is -15.4. The minimum atomic E-state index is -2.65. The quantitative estimate of drug-likeness (QED) is 0.101. The van der Waals surface area contributed by atoms with Gasteiger partial charge in [0.15, 0.2) is 69.8 Å². The number of aromatic amines is 1. The number of rotatable bonds is 5. The van der Waals surface area contributed by atoms with Crippen molar-refractivity contribution in [2.24, 2.45) is 9.98 Å². The van der Waals surface area contributed by atoms with Crippen LogP contribution in [0.4, 0.5) is 65.9 Å². The number of carbonyl (C=O) groups excluding carboxylic acids is 1. The van der Waals surface area contributed by atoms with Crippen LogP contribution in [0, 0.1) is 87.3 Å². The number of nitrogens with one attached hydrogen (secondary N) is 2. The van der Waals surface area contributed by atoms with Crippen LogP contribution < -0.4 is 5.32 Å². The summed E-state index contributed by atoms with van der Waals surface area (Å²) in [6, 6.07) is 16.9. The molecule has 0 saturated heterocycles. The molecule has 1 amide bonds. The number of fused-ring (bicyclic) bond motifs is 5. The number of halogens is 15. The number of aliphatic imine (C=N–C) groups is 2. The van der Waals surface area contributed by atoms with Gasteiger partial charge in [0.05, 0.1) is 45.1 Å². The van der Waals surface area contributed by atoms with E-state index in [1.165, 1.54) is 54.6 Å². The molecule has 0 atom stereocenters. The first kappa shape index (κ1) is 45.4. The Morgan fingerprint density at radius 3 is 1.20 bits per heavy atom. The molecule has 1 aromatic heterocycles. The lowest BCUT2D eigenvalue weighted by Crippen LogP contribution is -2.42. The lowest BCUT2D eigenvalue weighted by Gasteiger charge is -2.36. The van der Waals surface area contributed by atoms with Gasteiger partial charge in [0.2, 0.25) is 17.5 Å². The maximum absolute atomic E-state index is 16.1. The molecular formula is C50H19F15N4O. The van der Waals surface area contributed by atoms with Crippen LogP contribution >= 0.6 is 0 Å². The largest absolute Gasteiger partial charge is 0.354 e. The zero-order chi connectivity index (χ0) is 49.8. The van der Waals surface area contributed by atoms with E-state index in [9.17, 15) is 18.0 Å². The van der Waals surface area contributed by atoms with E-state index in [0.717, 1.165) is 36.4 Å². The van der Waals surface area contributed by atoms with Crippen LogP contribution in [-0.4, -0.2) is 22.3 Å². The summed E-state index contributed by atoms with van der Waals surface area (Å²) in [4.78, 5) is 25.8. The number of allylic oxidation sites excluding steroid dienone is 6. The molecule has 350 valence electrons. The molecule has 4 aliphatic rings. The van der Waals surface area contributed by atoms with Gasteiger partial charge in [-0.3, -0.25) is 9.79 Å². The van der Waals surface area contributed by atoms with Crippen LogP contribution in [0.2, 0.25) is 0 Å². The molecule has 70 heavy (non-hydrogen) atoms. The molecule has 0 aliphatic carbocycles. The van der Waals surface area contributed by atoms with E-state index in [1.54, 1.807) is 12.1 Å². The Balaban J connectivity index is 1.44. The summed E-state index contributed by atoms with van der Waals surface area (Å²) in [6.45, 7) is 0. The maximum Gasteiger partial charge on any atom is 0.256 e. The monoisotopic (exact) mass is 976 g/mol. The molecule has 10 rings (SSSR count). The molecule has 0 radical (unpaired) electrons. The first-order chi connectivity index (χ1) is 33.4. The van der Waals surface area contributed by atoms with E-state index < -0.39 is 166 Å². The number of aromatic nitrogens is 1. The molecule has 5 nitrogen and oxygen atoms in total. The van der Waals surface area contributed by atoms with Gasteiger partial charge in [-0.2, -0.15) is 0 Å². The van der Waals surface area contributed by atoms with Gasteiger partial charge in [-0.25, -0.2) is 70.8 Å². The second kappa shape index (κ2) is 16.4. The van der Waals surface area contributed by atoms with Gasteiger partial charge in [-0.15, -0.1) is 0 Å². The molecule has 0 saturated carbocycles. The number of carbonyl (C=O) groups is 1. The van der Waals surface area contributed by atoms with Gasteiger partial charge in [-0.05, 0) is 53.6 Å². The fraction of sp³-hybridized carbons (Fsp3) is 0.0200. The van der Waals surface area contributed by atoms with E-state index >= 15 is 52.7 Å². The molecule has 20 heteroatoms. The zero-order valence-corrected chi connectivity index (χ0v) is 34.3. The summed E-state index contributed by atoms with van der Waals surface area (Å²) < 4.78 is 231. The zero-order valence-electron chi connectivity index (χ0n) is 34.3. The lowest BCUT2D eigenvalue weighted by molar-refractivity contribution is -0.116. The fourth-order valence-electron chi connectivity index (χ4n) is 8.82. The smallest absolute Gasteiger partial charge is 0.256 e.